The van der Waals surface area contributed by atoms with Gasteiger partial charge in [0, 0.05) is 17.5 Å². The maximum atomic E-state index is 12.2. The molecule has 0 aliphatic heterocycles. The average molecular weight is 241 g/mol. The molecule has 0 atom stereocenters. The van der Waals surface area contributed by atoms with Crippen molar-refractivity contribution in [3.8, 4) is 0 Å². The molecular weight excluding hydrogens is 222 g/mol. The van der Waals surface area contributed by atoms with Crippen LogP contribution < -0.4 is 5.73 Å². The van der Waals surface area contributed by atoms with Gasteiger partial charge in [-0.2, -0.15) is 0 Å². The number of hydrogen-bond acceptors (Lipinski definition) is 2. The van der Waals surface area contributed by atoms with Gasteiger partial charge in [0.1, 0.15) is 0 Å². The zero-order valence-electron chi connectivity index (χ0n) is 10.9. The Hall–Kier alpha value is -1.67. The number of benzene rings is 2. The van der Waals surface area contributed by atoms with E-state index in [9.17, 15) is 4.79 Å². The quantitative estimate of drug-likeness (QED) is 0.832. The second-order valence-corrected chi connectivity index (χ2v) is 5.44. The van der Waals surface area contributed by atoms with Crippen LogP contribution in [-0.2, 0) is 0 Å². The summed E-state index contributed by atoms with van der Waals surface area (Å²) in [5.74, 6) is 0.172. The van der Waals surface area contributed by atoms with Gasteiger partial charge in [-0.15, -0.1) is 0 Å². The fourth-order valence-electron chi connectivity index (χ4n) is 2.04. The van der Waals surface area contributed by atoms with E-state index in [4.69, 9.17) is 5.73 Å². The van der Waals surface area contributed by atoms with Gasteiger partial charge < -0.3 is 5.73 Å². The van der Waals surface area contributed by atoms with Crippen LogP contribution in [0.4, 0.5) is 0 Å². The minimum Gasteiger partial charge on any atom is -0.326 e. The summed E-state index contributed by atoms with van der Waals surface area (Å²) < 4.78 is 0. The molecular formula is C16H19NO. The maximum Gasteiger partial charge on any atom is 0.163 e. The summed E-state index contributed by atoms with van der Waals surface area (Å²) >= 11 is 0. The molecule has 2 aromatic rings. The Morgan fingerprint density at radius 2 is 1.78 bits per heavy atom. The minimum absolute atomic E-state index is 0.172. The molecule has 0 spiro atoms. The lowest BCUT2D eigenvalue weighted by Gasteiger charge is -2.17. The smallest absolute Gasteiger partial charge is 0.163 e. The zero-order chi connectivity index (χ0) is 13.2. The molecule has 94 valence electrons. The Balaban J connectivity index is 2.28. The molecule has 2 N–H and O–H groups in total. The molecule has 0 saturated heterocycles. The Morgan fingerprint density at radius 3 is 2.50 bits per heavy atom. The van der Waals surface area contributed by atoms with Crippen molar-refractivity contribution in [2.24, 2.45) is 5.73 Å². The van der Waals surface area contributed by atoms with Crippen LogP contribution >= 0.6 is 0 Å². The normalized spacial score (nSPS) is 11.7. The molecule has 2 heteroatoms. The highest BCUT2D eigenvalue weighted by Gasteiger charge is 2.15. The van der Waals surface area contributed by atoms with Crippen LogP contribution in [0.25, 0.3) is 10.8 Å². The van der Waals surface area contributed by atoms with Gasteiger partial charge in [-0.25, -0.2) is 0 Å². The lowest BCUT2D eigenvalue weighted by molar-refractivity contribution is 0.0974. The monoisotopic (exact) mass is 241 g/mol. The molecule has 2 rings (SSSR count). The molecule has 0 heterocycles. The van der Waals surface area contributed by atoms with Crippen molar-refractivity contribution in [3.05, 3.63) is 48.0 Å². The molecule has 2 aromatic carbocycles. The van der Waals surface area contributed by atoms with E-state index in [1.54, 1.807) is 0 Å². The second-order valence-electron chi connectivity index (χ2n) is 5.44. The van der Waals surface area contributed by atoms with Gasteiger partial charge in [0.15, 0.2) is 5.78 Å². The molecule has 18 heavy (non-hydrogen) atoms. The Bertz CT molecular complexity index is 561. The van der Waals surface area contributed by atoms with Crippen molar-refractivity contribution < 1.29 is 4.79 Å². The molecule has 0 unspecified atom stereocenters. The van der Waals surface area contributed by atoms with Crippen molar-refractivity contribution in [3.63, 3.8) is 0 Å². The Kier molecular flexibility index (Phi) is 3.48. The third-order valence-corrected chi connectivity index (χ3v) is 3.09. The van der Waals surface area contributed by atoms with Gasteiger partial charge in [0.2, 0.25) is 0 Å². The first-order valence-corrected chi connectivity index (χ1v) is 6.27. The van der Waals surface area contributed by atoms with E-state index >= 15 is 0 Å². The fraction of sp³-hybridized carbons (Fsp3) is 0.312. The maximum absolute atomic E-state index is 12.2. The van der Waals surface area contributed by atoms with Crippen LogP contribution in [0.3, 0.4) is 0 Å². The largest absolute Gasteiger partial charge is 0.326 e. The molecule has 0 fully saturated rings. The van der Waals surface area contributed by atoms with Crippen molar-refractivity contribution in [2.45, 2.75) is 32.2 Å². The molecule has 0 amide bonds. The third kappa shape index (κ3) is 2.96. The number of fused-ring (bicyclic) bond motifs is 1. The number of ketones is 1. The number of carbonyl (C=O) groups is 1. The average Bonchev–Trinajstić information content (AvgIpc) is 2.34. The summed E-state index contributed by atoms with van der Waals surface area (Å²) in [6.07, 6.45) is 1.20. The van der Waals surface area contributed by atoms with E-state index in [-0.39, 0.29) is 11.3 Å². The van der Waals surface area contributed by atoms with Crippen molar-refractivity contribution in [1.29, 1.82) is 0 Å². The molecule has 2 nitrogen and oxygen atoms in total. The summed E-state index contributed by atoms with van der Waals surface area (Å²) in [7, 11) is 0. The summed E-state index contributed by atoms with van der Waals surface area (Å²) in [6.45, 7) is 3.90. The van der Waals surface area contributed by atoms with E-state index in [0.717, 1.165) is 16.3 Å². The third-order valence-electron chi connectivity index (χ3n) is 3.09. The summed E-state index contributed by atoms with van der Waals surface area (Å²) in [5, 5.41) is 2.13. The fourth-order valence-corrected chi connectivity index (χ4v) is 2.04. The summed E-state index contributed by atoms with van der Waals surface area (Å²) in [4.78, 5) is 12.2. The minimum atomic E-state index is -0.291. The highest BCUT2D eigenvalue weighted by Crippen LogP contribution is 2.21. The number of carbonyl (C=O) groups excluding carboxylic acids is 1. The van der Waals surface area contributed by atoms with Crippen molar-refractivity contribution >= 4 is 16.6 Å². The molecule has 0 aliphatic carbocycles. The highest BCUT2D eigenvalue weighted by atomic mass is 16.1. The predicted octanol–water partition coefficient (Wildman–Crippen LogP) is 3.54. The van der Waals surface area contributed by atoms with Crippen LogP contribution in [0.15, 0.2) is 42.5 Å². The van der Waals surface area contributed by atoms with E-state index in [1.165, 1.54) is 0 Å². The van der Waals surface area contributed by atoms with Gasteiger partial charge in [-0.1, -0.05) is 42.5 Å². The van der Waals surface area contributed by atoms with E-state index in [0.29, 0.717) is 12.8 Å². The van der Waals surface area contributed by atoms with Crippen molar-refractivity contribution in [1.82, 2.24) is 0 Å². The second kappa shape index (κ2) is 4.91. The van der Waals surface area contributed by atoms with Crippen LogP contribution in [0, 0.1) is 0 Å². The number of nitrogens with two attached hydrogens (primary N) is 1. The van der Waals surface area contributed by atoms with E-state index in [1.807, 2.05) is 56.3 Å². The van der Waals surface area contributed by atoms with E-state index < -0.39 is 0 Å². The summed E-state index contributed by atoms with van der Waals surface area (Å²) in [5.41, 5.74) is 6.43. The Labute approximate surface area is 108 Å². The van der Waals surface area contributed by atoms with Crippen LogP contribution in [0.2, 0.25) is 0 Å². The van der Waals surface area contributed by atoms with Gasteiger partial charge in [0.05, 0.1) is 0 Å². The first kappa shape index (κ1) is 12.8. The lowest BCUT2D eigenvalue weighted by Crippen LogP contribution is -2.32. The lowest BCUT2D eigenvalue weighted by atomic mass is 9.94. The zero-order valence-corrected chi connectivity index (χ0v) is 10.9. The van der Waals surface area contributed by atoms with Crippen LogP contribution in [-0.4, -0.2) is 11.3 Å². The van der Waals surface area contributed by atoms with Crippen LogP contribution in [0.5, 0.6) is 0 Å². The number of hydrogen-bond donors (Lipinski definition) is 1. The Morgan fingerprint density at radius 1 is 1.11 bits per heavy atom. The molecule has 0 saturated carbocycles. The molecule has 0 aromatic heterocycles. The molecule has 0 bridgehead atoms. The molecule has 0 aliphatic rings. The first-order chi connectivity index (χ1) is 8.47. The number of rotatable bonds is 4. The van der Waals surface area contributed by atoms with Crippen molar-refractivity contribution in [2.75, 3.05) is 0 Å². The standard InChI is InChI=1S/C16H19NO/c1-16(2,17)11-10-15(18)14-9-5-7-12-6-3-4-8-13(12)14/h3-9H,10-11,17H2,1-2H3. The van der Waals surface area contributed by atoms with Gasteiger partial charge in [-0.05, 0) is 31.0 Å². The predicted molar refractivity (Wildman–Crippen MR) is 75.8 cm³/mol. The SMILES string of the molecule is CC(C)(N)CCC(=O)c1cccc2ccccc12. The van der Waals surface area contributed by atoms with Gasteiger partial charge >= 0.3 is 0 Å². The van der Waals surface area contributed by atoms with Crippen LogP contribution in [0.1, 0.15) is 37.0 Å². The molecule has 0 radical (unpaired) electrons. The van der Waals surface area contributed by atoms with Gasteiger partial charge in [0.25, 0.3) is 0 Å². The van der Waals surface area contributed by atoms with Gasteiger partial charge in [-0.3, -0.25) is 4.79 Å². The topological polar surface area (TPSA) is 43.1 Å². The first-order valence-electron chi connectivity index (χ1n) is 6.27. The van der Waals surface area contributed by atoms with E-state index in [2.05, 4.69) is 0 Å². The highest BCUT2D eigenvalue weighted by molar-refractivity contribution is 6.08. The number of Topliss-reactive ketones (excluding diaryl/α,β-unsaturated/α-hetero) is 1. The summed E-state index contributed by atoms with van der Waals surface area (Å²) in [6, 6.07) is 13.8.